The second kappa shape index (κ2) is 10.2. The van der Waals surface area contributed by atoms with Gasteiger partial charge in [-0.1, -0.05) is 6.07 Å². The van der Waals surface area contributed by atoms with Crippen molar-refractivity contribution in [2.24, 2.45) is 0 Å². The Hall–Kier alpha value is -4.40. The van der Waals surface area contributed by atoms with E-state index in [2.05, 4.69) is 0 Å². The zero-order chi connectivity index (χ0) is 27.0. The number of amides is 1. The maximum absolute atomic E-state index is 14.2. The van der Waals surface area contributed by atoms with Crippen molar-refractivity contribution in [3.63, 3.8) is 0 Å². The Morgan fingerprint density at radius 3 is 2.61 bits per heavy atom. The number of hydrogen-bond acceptors (Lipinski definition) is 6. The molecular weight excluding hydrogens is 496 g/mol. The van der Waals surface area contributed by atoms with Crippen LogP contribution >= 0.6 is 0 Å². The van der Waals surface area contributed by atoms with Gasteiger partial charge >= 0.3 is 0 Å². The number of ketones is 1. The van der Waals surface area contributed by atoms with Crippen molar-refractivity contribution in [1.82, 2.24) is 0 Å². The van der Waals surface area contributed by atoms with Gasteiger partial charge in [-0.15, -0.1) is 0 Å². The van der Waals surface area contributed by atoms with Gasteiger partial charge in [-0.3, -0.25) is 14.5 Å². The summed E-state index contributed by atoms with van der Waals surface area (Å²) in [6.45, 7) is 2.71. The first-order valence-corrected chi connectivity index (χ1v) is 12.2. The average Bonchev–Trinajstić information content (AvgIpc) is 3.19. The van der Waals surface area contributed by atoms with E-state index in [1.807, 2.05) is 0 Å². The summed E-state index contributed by atoms with van der Waals surface area (Å²) in [5.74, 6) is -3.13. The summed E-state index contributed by atoms with van der Waals surface area (Å²) in [5, 5.41) is 11.4. The minimum absolute atomic E-state index is 0.0392. The molecule has 3 aromatic rings. The zero-order valence-corrected chi connectivity index (χ0v) is 20.8. The Morgan fingerprint density at radius 2 is 1.87 bits per heavy atom. The number of anilines is 1. The molecule has 1 amide bonds. The van der Waals surface area contributed by atoms with Crippen molar-refractivity contribution >= 4 is 23.1 Å². The van der Waals surface area contributed by atoms with Gasteiger partial charge in [0.15, 0.2) is 23.1 Å². The molecule has 5 rings (SSSR count). The maximum Gasteiger partial charge on any atom is 0.300 e. The largest absolute Gasteiger partial charge is 0.507 e. The molecule has 1 N–H and O–H groups in total. The lowest BCUT2D eigenvalue weighted by atomic mass is 9.93. The normalized spacial score (nSPS) is 18.2. The van der Waals surface area contributed by atoms with Gasteiger partial charge in [-0.05, 0) is 73.4 Å². The van der Waals surface area contributed by atoms with E-state index in [-0.39, 0.29) is 17.0 Å². The molecule has 3 aromatic carbocycles. The van der Waals surface area contributed by atoms with Gasteiger partial charge in [0.25, 0.3) is 11.7 Å². The first-order chi connectivity index (χ1) is 18.3. The number of carbonyl (C=O) groups excluding carboxylic acids is 2. The number of Topliss-reactive ketones (excluding diaryl/α,β-unsaturated/α-hetero) is 1. The Kier molecular flexibility index (Phi) is 6.75. The van der Waals surface area contributed by atoms with Crippen LogP contribution in [-0.4, -0.2) is 37.1 Å². The summed E-state index contributed by atoms with van der Waals surface area (Å²) in [4.78, 5) is 27.8. The smallest absolute Gasteiger partial charge is 0.300 e. The summed E-state index contributed by atoms with van der Waals surface area (Å²) in [5.41, 5.74) is 1.38. The number of nitrogens with zero attached hydrogens (tertiary/aromatic N) is 1. The fourth-order valence-corrected chi connectivity index (χ4v) is 4.84. The Labute approximate surface area is 217 Å². The van der Waals surface area contributed by atoms with Gasteiger partial charge in [-0.25, -0.2) is 8.78 Å². The Balaban J connectivity index is 1.72. The number of benzene rings is 3. The molecule has 2 aliphatic heterocycles. The van der Waals surface area contributed by atoms with E-state index >= 15 is 0 Å². The predicted molar refractivity (Wildman–Crippen MR) is 136 cm³/mol. The highest BCUT2D eigenvalue weighted by atomic mass is 19.2. The van der Waals surface area contributed by atoms with Gasteiger partial charge in [0.2, 0.25) is 0 Å². The monoisotopic (exact) mass is 521 g/mol. The number of fused-ring (bicyclic) bond motifs is 1. The van der Waals surface area contributed by atoms with Crippen molar-refractivity contribution in [3.05, 3.63) is 88.5 Å². The number of rotatable bonds is 6. The van der Waals surface area contributed by atoms with Gasteiger partial charge < -0.3 is 19.3 Å². The molecule has 0 aliphatic carbocycles. The highest BCUT2D eigenvalue weighted by Gasteiger charge is 2.47. The van der Waals surface area contributed by atoms with Crippen molar-refractivity contribution < 1.29 is 37.7 Å². The number of halogens is 2. The number of carbonyl (C=O) groups is 2. The molecule has 0 bridgehead atoms. The van der Waals surface area contributed by atoms with E-state index in [0.717, 1.165) is 35.4 Å². The number of aliphatic hydroxyl groups is 1. The quantitative estimate of drug-likeness (QED) is 0.268. The van der Waals surface area contributed by atoms with Crippen LogP contribution < -0.4 is 19.1 Å². The number of methoxy groups -OCH3 is 1. The maximum atomic E-state index is 14.2. The van der Waals surface area contributed by atoms with Crippen molar-refractivity contribution in [2.45, 2.75) is 25.8 Å². The fourth-order valence-electron chi connectivity index (χ4n) is 4.84. The molecule has 1 fully saturated rings. The topological polar surface area (TPSA) is 85.3 Å². The zero-order valence-electron chi connectivity index (χ0n) is 20.8. The Bertz CT molecular complexity index is 1470. The van der Waals surface area contributed by atoms with Crippen molar-refractivity contribution in [3.8, 4) is 17.2 Å². The second-order valence-corrected chi connectivity index (χ2v) is 8.89. The molecular formula is C29H25F2NO6. The molecule has 2 aliphatic rings. The van der Waals surface area contributed by atoms with E-state index < -0.39 is 29.4 Å². The van der Waals surface area contributed by atoms with Crippen LogP contribution in [0.15, 0.2) is 60.2 Å². The lowest BCUT2D eigenvalue weighted by molar-refractivity contribution is -0.132. The fraction of sp³-hybridized carbons (Fsp3) is 0.241. The molecule has 1 unspecified atom stereocenters. The summed E-state index contributed by atoms with van der Waals surface area (Å²) < 4.78 is 44.6. The minimum Gasteiger partial charge on any atom is -0.507 e. The molecule has 7 nitrogen and oxygen atoms in total. The summed E-state index contributed by atoms with van der Waals surface area (Å²) in [7, 11) is 1.48. The van der Waals surface area contributed by atoms with Gasteiger partial charge in [-0.2, -0.15) is 0 Å². The Morgan fingerprint density at radius 1 is 1.05 bits per heavy atom. The van der Waals surface area contributed by atoms with Crippen LogP contribution in [0.5, 0.6) is 17.2 Å². The molecule has 0 saturated carbocycles. The molecule has 38 heavy (non-hydrogen) atoms. The van der Waals surface area contributed by atoms with E-state index in [4.69, 9.17) is 14.2 Å². The van der Waals surface area contributed by atoms with E-state index in [9.17, 15) is 23.5 Å². The second-order valence-electron chi connectivity index (χ2n) is 8.89. The molecule has 1 saturated heterocycles. The third-order valence-corrected chi connectivity index (χ3v) is 6.61. The number of aryl methyl sites for hydroxylation is 1. The molecule has 0 radical (unpaired) electrons. The highest BCUT2D eigenvalue weighted by molar-refractivity contribution is 6.51. The van der Waals surface area contributed by atoms with Gasteiger partial charge in [0.05, 0.1) is 31.9 Å². The van der Waals surface area contributed by atoms with E-state index in [1.54, 1.807) is 43.3 Å². The van der Waals surface area contributed by atoms with Crippen LogP contribution in [-0.2, 0) is 16.0 Å². The average molecular weight is 522 g/mol. The lowest BCUT2D eigenvalue weighted by Gasteiger charge is -2.26. The van der Waals surface area contributed by atoms with Crippen LogP contribution in [0.4, 0.5) is 14.5 Å². The molecule has 9 heteroatoms. The number of ether oxygens (including phenoxy) is 3. The summed E-state index contributed by atoms with van der Waals surface area (Å²) in [6.07, 6.45) is 1.54. The standard InChI is InChI=1S/C29H25F2NO6/c1-3-37-24-14-17(6-11-23(24)36-2)26-25(27(33)18-7-10-22-16(13-18)5-4-12-38-22)28(34)29(35)32(26)19-8-9-20(30)21(31)15-19/h6-11,13-15,26,33H,3-5,12H2,1-2H3/b27-25+. The lowest BCUT2D eigenvalue weighted by Crippen LogP contribution is -2.29. The third-order valence-electron chi connectivity index (χ3n) is 6.61. The first-order valence-electron chi connectivity index (χ1n) is 12.2. The number of aliphatic hydroxyl groups excluding tert-OH is 1. The number of hydrogen-bond donors (Lipinski definition) is 1. The summed E-state index contributed by atoms with van der Waals surface area (Å²) in [6, 6.07) is 11.7. The summed E-state index contributed by atoms with van der Waals surface area (Å²) >= 11 is 0. The highest BCUT2D eigenvalue weighted by Crippen LogP contribution is 2.44. The van der Waals surface area contributed by atoms with Crippen LogP contribution in [0.1, 0.15) is 36.1 Å². The van der Waals surface area contributed by atoms with Gasteiger partial charge in [0.1, 0.15) is 11.5 Å². The minimum atomic E-state index is -1.18. The molecule has 1 atom stereocenters. The van der Waals surface area contributed by atoms with Gasteiger partial charge in [0, 0.05) is 17.3 Å². The van der Waals surface area contributed by atoms with E-state index in [0.29, 0.717) is 41.6 Å². The third kappa shape index (κ3) is 4.34. The SMILES string of the molecule is CCOc1cc(C2/C(=C(\O)c3ccc4c(c3)CCCO4)C(=O)C(=O)N2c2ccc(F)c(F)c2)ccc1OC. The molecule has 196 valence electrons. The van der Waals surface area contributed by atoms with E-state index in [1.165, 1.54) is 13.2 Å². The predicted octanol–water partition coefficient (Wildman–Crippen LogP) is 5.32. The van der Waals surface area contributed by atoms with Crippen molar-refractivity contribution in [2.75, 3.05) is 25.2 Å². The first kappa shape index (κ1) is 25.3. The van der Waals surface area contributed by atoms with Crippen LogP contribution in [0.25, 0.3) is 5.76 Å². The molecule has 2 heterocycles. The van der Waals surface area contributed by atoms with Crippen molar-refractivity contribution in [1.29, 1.82) is 0 Å². The van der Waals surface area contributed by atoms with Crippen LogP contribution in [0.2, 0.25) is 0 Å². The van der Waals surface area contributed by atoms with Crippen LogP contribution in [0, 0.1) is 11.6 Å². The van der Waals surface area contributed by atoms with Crippen LogP contribution in [0.3, 0.4) is 0 Å². The molecule has 0 aromatic heterocycles. The molecule has 0 spiro atoms.